The van der Waals surface area contributed by atoms with E-state index in [1.165, 1.54) is 17.1 Å². The summed E-state index contributed by atoms with van der Waals surface area (Å²) in [6.07, 6.45) is 3.97. The summed E-state index contributed by atoms with van der Waals surface area (Å²) in [5.74, 6) is 2.38. The number of aryl methyl sites for hydroxylation is 1. The van der Waals surface area contributed by atoms with Crippen LogP contribution in [0.1, 0.15) is 16.7 Å². The molecule has 1 aromatic heterocycles. The van der Waals surface area contributed by atoms with Gasteiger partial charge in [0, 0.05) is 43.0 Å². The first-order valence-electron chi connectivity index (χ1n) is 9.96. The molecule has 0 radical (unpaired) electrons. The maximum atomic E-state index is 12.6. The Morgan fingerprint density at radius 1 is 1.10 bits per heavy atom. The fraction of sp³-hybridized carbons (Fsp3) is 0.304. The van der Waals surface area contributed by atoms with E-state index in [1.807, 2.05) is 55.2 Å². The highest BCUT2D eigenvalue weighted by atomic mass is 32.2. The molecule has 1 aliphatic rings. The average molecular weight is 407 g/mol. The van der Waals surface area contributed by atoms with Crippen molar-refractivity contribution in [3.05, 3.63) is 77.6 Å². The van der Waals surface area contributed by atoms with Crippen LogP contribution in [0.2, 0.25) is 0 Å². The minimum absolute atomic E-state index is 0.0211. The lowest BCUT2D eigenvalue weighted by atomic mass is 10.1. The Hall–Kier alpha value is -2.57. The molecule has 0 unspecified atom stereocenters. The molecule has 1 N–H and O–H groups in total. The highest BCUT2D eigenvalue weighted by Gasteiger charge is 2.13. The van der Waals surface area contributed by atoms with E-state index in [-0.39, 0.29) is 5.91 Å². The maximum absolute atomic E-state index is 12.6. The van der Waals surface area contributed by atoms with Gasteiger partial charge in [0.2, 0.25) is 5.91 Å². The fourth-order valence-electron chi connectivity index (χ4n) is 3.47. The van der Waals surface area contributed by atoms with Crippen LogP contribution in [0.5, 0.6) is 0 Å². The van der Waals surface area contributed by atoms with E-state index in [0.29, 0.717) is 6.42 Å². The Morgan fingerprint density at radius 2 is 1.90 bits per heavy atom. The molecular weight excluding hydrogens is 380 g/mol. The number of hydrogen-bond acceptors (Lipinski definition) is 4. The van der Waals surface area contributed by atoms with Gasteiger partial charge in [-0.15, -0.1) is 0 Å². The van der Waals surface area contributed by atoms with Gasteiger partial charge in [-0.05, 0) is 41.8 Å². The Morgan fingerprint density at radius 3 is 2.69 bits per heavy atom. The molecule has 4 rings (SSSR count). The summed E-state index contributed by atoms with van der Waals surface area (Å²) in [7, 11) is 0. The number of thioether (sulfide) groups is 1. The van der Waals surface area contributed by atoms with Gasteiger partial charge in [0.25, 0.3) is 0 Å². The summed E-state index contributed by atoms with van der Waals surface area (Å²) >= 11 is 2.02. The number of benzene rings is 2. The minimum Gasteiger partial charge on any atom is -0.326 e. The molecule has 1 amide bonds. The van der Waals surface area contributed by atoms with Gasteiger partial charge in [0.1, 0.15) is 0 Å². The van der Waals surface area contributed by atoms with Crippen LogP contribution < -0.4 is 5.32 Å². The molecule has 6 heteroatoms. The molecule has 0 saturated carbocycles. The standard InChI is InChI=1S/C23H26N4OS/c1-18-7-8-19(16-26-9-11-29-12-10-26)13-22(18)25-23(28)14-20-15-24-27(17-20)21-5-3-2-4-6-21/h2-8,13,15,17H,9-12,14,16H2,1H3,(H,25,28). The predicted octanol–water partition coefficient (Wildman–Crippen LogP) is 3.91. The van der Waals surface area contributed by atoms with Crippen molar-refractivity contribution in [3.8, 4) is 5.69 Å². The molecule has 29 heavy (non-hydrogen) atoms. The lowest BCUT2D eigenvalue weighted by Crippen LogP contribution is -2.32. The van der Waals surface area contributed by atoms with Gasteiger partial charge in [0.15, 0.2) is 0 Å². The highest BCUT2D eigenvalue weighted by molar-refractivity contribution is 7.99. The van der Waals surface area contributed by atoms with Crippen LogP contribution in [0.15, 0.2) is 60.9 Å². The fourth-order valence-corrected chi connectivity index (χ4v) is 4.45. The Balaban J connectivity index is 1.39. The third-order valence-corrected chi connectivity index (χ3v) is 6.05. The van der Waals surface area contributed by atoms with Gasteiger partial charge in [-0.2, -0.15) is 16.9 Å². The van der Waals surface area contributed by atoms with Gasteiger partial charge in [-0.3, -0.25) is 9.69 Å². The van der Waals surface area contributed by atoms with Gasteiger partial charge in [-0.1, -0.05) is 30.3 Å². The number of carbonyl (C=O) groups is 1. The molecule has 1 fully saturated rings. The van der Waals surface area contributed by atoms with Crippen LogP contribution in [0.25, 0.3) is 5.69 Å². The van der Waals surface area contributed by atoms with E-state index in [2.05, 4.69) is 33.5 Å². The van der Waals surface area contributed by atoms with E-state index >= 15 is 0 Å². The maximum Gasteiger partial charge on any atom is 0.228 e. The summed E-state index contributed by atoms with van der Waals surface area (Å²) in [6, 6.07) is 16.3. The summed E-state index contributed by atoms with van der Waals surface area (Å²) < 4.78 is 1.80. The number of nitrogens with one attached hydrogen (secondary N) is 1. The van der Waals surface area contributed by atoms with E-state index in [9.17, 15) is 4.79 Å². The minimum atomic E-state index is -0.0211. The number of anilines is 1. The number of carbonyl (C=O) groups excluding carboxylic acids is 1. The van der Waals surface area contributed by atoms with Crippen LogP contribution in [-0.2, 0) is 17.8 Å². The quantitative estimate of drug-likeness (QED) is 0.674. The first-order valence-corrected chi connectivity index (χ1v) is 11.1. The zero-order valence-electron chi connectivity index (χ0n) is 16.7. The van der Waals surface area contributed by atoms with Crippen LogP contribution >= 0.6 is 11.8 Å². The summed E-state index contributed by atoms with van der Waals surface area (Å²) in [4.78, 5) is 15.1. The van der Waals surface area contributed by atoms with Crippen molar-refractivity contribution in [1.29, 1.82) is 0 Å². The zero-order chi connectivity index (χ0) is 20.1. The van der Waals surface area contributed by atoms with Crippen molar-refractivity contribution in [2.45, 2.75) is 19.9 Å². The first kappa shape index (κ1) is 19.7. The van der Waals surface area contributed by atoms with Crippen molar-refractivity contribution in [2.24, 2.45) is 0 Å². The number of rotatable bonds is 6. The molecule has 0 aliphatic carbocycles. The predicted molar refractivity (Wildman–Crippen MR) is 120 cm³/mol. The molecule has 0 bridgehead atoms. The molecule has 5 nitrogen and oxygen atoms in total. The van der Waals surface area contributed by atoms with Crippen molar-refractivity contribution in [2.75, 3.05) is 29.9 Å². The number of nitrogens with zero attached hydrogens (tertiary/aromatic N) is 3. The molecule has 3 aromatic rings. The molecule has 1 aliphatic heterocycles. The Kier molecular flexibility index (Phi) is 6.32. The van der Waals surface area contributed by atoms with Crippen molar-refractivity contribution in [3.63, 3.8) is 0 Å². The third-order valence-electron chi connectivity index (χ3n) is 5.11. The van der Waals surface area contributed by atoms with Gasteiger partial charge < -0.3 is 5.32 Å². The first-order chi connectivity index (χ1) is 14.2. The number of para-hydroxylation sites is 1. The second-order valence-corrected chi connectivity index (χ2v) is 8.62. The van der Waals surface area contributed by atoms with Crippen molar-refractivity contribution in [1.82, 2.24) is 14.7 Å². The van der Waals surface area contributed by atoms with E-state index in [0.717, 1.165) is 42.1 Å². The van der Waals surface area contributed by atoms with Gasteiger partial charge in [-0.25, -0.2) is 4.68 Å². The third kappa shape index (κ3) is 5.28. The summed E-state index contributed by atoms with van der Waals surface area (Å²) in [5.41, 5.74) is 5.10. The summed E-state index contributed by atoms with van der Waals surface area (Å²) in [5, 5.41) is 7.46. The second-order valence-electron chi connectivity index (χ2n) is 7.39. The Labute approximate surface area is 176 Å². The molecule has 150 valence electrons. The van der Waals surface area contributed by atoms with E-state index < -0.39 is 0 Å². The number of amides is 1. The van der Waals surface area contributed by atoms with Crippen molar-refractivity contribution >= 4 is 23.4 Å². The molecule has 2 heterocycles. The normalized spacial score (nSPS) is 14.7. The highest BCUT2D eigenvalue weighted by Crippen LogP contribution is 2.20. The van der Waals surface area contributed by atoms with Crippen molar-refractivity contribution < 1.29 is 4.79 Å². The monoisotopic (exact) mass is 406 g/mol. The van der Waals surface area contributed by atoms with Gasteiger partial charge in [0.05, 0.1) is 18.3 Å². The topological polar surface area (TPSA) is 50.2 Å². The second kappa shape index (κ2) is 9.29. The number of aromatic nitrogens is 2. The summed E-state index contributed by atoms with van der Waals surface area (Å²) in [6.45, 7) is 5.23. The molecule has 0 atom stereocenters. The zero-order valence-corrected chi connectivity index (χ0v) is 17.5. The molecule has 1 saturated heterocycles. The van der Waals surface area contributed by atoms with Crippen LogP contribution in [0.3, 0.4) is 0 Å². The smallest absolute Gasteiger partial charge is 0.228 e. The average Bonchev–Trinajstić information content (AvgIpc) is 3.20. The Bertz CT molecular complexity index is 964. The molecular formula is C23H26N4OS. The molecule has 0 spiro atoms. The van der Waals surface area contributed by atoms with Crippen LogP contribution in [-0.4, -0.2) is 45.2 Å². The SMILES string of the molecule is Cc1ccc(CN2CCSCC2)cc1NC(=O)Cc1cnn(-c2ccccc2)c1. The van der Waals surface area contributed by atoms with E-state index in [1.54, 1.807) is 10.9 Å². The van der Waals surface area contributed by atoms with Crippen LogP contribution in [0, 0.1) is 6.92 Å². The lowest BCUT2D eigenvalue weighted by molar-refractivity contribution is -0.115. The number of hydrogen-bond donors (Lipinski definition) is 1. The van der Waals surface area contributed by atoms with Crippen LogP contribution in [0.4, 0.5) is 5.69 Å². The lowest BCUT2D eigenvalue weighted by Gasteiger charge is -2.26. The van der Waals surface area contributed by atoms with E-state index in [4.69, 9.17) is 0 Å². The largest absolute Gasteiger partial charge is 0.326 e. The van der Waals surface area contributed by atoms with Gasteiger partial charge >= 0.3 is 0 Å². The molecule has 2 aromatic carbocycles.